The van der Waals surface area contributed by atoms with Crippen molar-refractivity contribution in [3.05, 3.63) is 18.2 Å². The van der Waals surface area contributed by atoms with E-state index in [1.54, 1.807) is 0 Å². The van der Waals surface area contributed by atoms with Crippen molar-refractivity contribution in [2.75, 3.05) is 37.8 Å². The molecule has 1 atom stereocenters. The van der Waals surface area contributed by atoms with E-state index in [1.165, 1.54) is 0 Å². The molecule has 0 aliphatic rings. The van der Waals surface area contributed by atoms with E-state index in [0.717, 1.165) is 37.6 Å². The maximum atomic E-state index is 4.54. The summed E-state index contributed by atoms with van der Waals surface area (Å²) in [5.74, 6) is 1.89. The molecule has 1 heterocycles. The summed E-state index contributed by atoms with van der Waals surface area (Å²) in [4.78, 5) is 6.74. The third kappa shape index (κ3) is 5.87. The molecule has 1 aromatic heterocycles. The van der Waals surface area contributed by atoms with Crippen LogP contribution in [0.15, 0.2) is 18.2 Å². The number of pyridine rings is 1. The van der Waals surface area contributed by atoms with Crippen molar-refractivity contribution >= 4 is 11.6 Å². The summed E-state index contributed by atoms with van der Waals surface area (Å²) >= 11 is 0. The fourth-order valence-electron chi connectivity index (χ4n) is 1.64. The summed E-state index contributed by atoms with van der Waals surface area (Å²) in [7, 11) is 4.19. The normalized spacial score (nSPS) is 12.5. The lowest BCUT2D eigenvalue weighted by Crippen LogP contribution is -2.23. The molecule has 0 aromatic carbocycles. The van der Waals surface area contributed by atoms with Gasteiger partial charge in [-0.2, -0.15) is 0 Å². The SMILES string of the molecule is CCCNc1cccc(NC(C)CCN(C)C)n1. The van der Waals surface area contributed by atoms with Gasteiger partial charge < -0.3 is 15.5 Å². The Kier molecular flexibility index (Phi) is 6.50. The van der Waals surface area contributed by atoms with E-state index in [0.29, 0.717) is 6.04 Å². The third-order valence-electron chi connectivity index (χ3n) is 2.71. The van der Waals surface area contributed by atoms with E-state index in [2.05, 4.69) is 48.5 Å². The van der Waals surface area contributed by atoms with Crippen LogP contribution in [0.1, 0.15) is 26.7 Å². The number of anilines is 2. The van der Waals surface area contributed by atoms with Crippen molar-refractivity contribution in [3.8, 4) is 0 Å². The molecule has 4 nitrogen and oxygen atoms in total. The molecule has 0 saturated heterocycles. The molecule has 0 radical (unpaired) electrons. The summed E-state index contributed by atoms with van der Waals surface area (Å²) < 4.78 is 0. The molecule has 1 aromatic rings. The quantitative estimate of drug-likeness (QED) is 0.744. The minimum Gasteiger partial charge on any atom is -0.370 e. The summed E-state index contributed by atoms with van der Waals surface area (Å²) in [5, 5.41) is 6.74. The van der Waals surface area contributed by atoms with Crippen molar-refractivity contribution in [1.29, 1.82) is 0 Å². The number of rotatable bonds is 8. The van der Waals surface area contributed by atoms with Gasteiger partial charge in [0.15, 0.2) is 0 Å². The monoisotopic (exact) mass is 250 g/mol. The van der Waals surface area contributed by atoms with Gasteiger partial charge in [0.1, 0.15) is 11.6 Å². The van der Waals surface area contributed by atoms with Crippen LogP contribution in [-0.2, 0) is 0 Å². The highest BCUT2D eigenvalue weighted by atomic mass is 15.1. The highest BCUT2D eigenvalue weighted by molar-refractivity contribution is 5.45. The van der Waals surface area contributed by atoms with E-state index in [9.17, 15) is 0 Å². The lowest BCUT2D eigenvalue weighted by atomic mass is 10.2. The molecule has 0 fully saturated rings. The molecule has 18 heavy (non-hydrogen) atoms. The molecule has 4 heteroatoms. The zero-order chi connectivity index (χ0) is 13.4. The van der Waals surface area contributed by atoms with Crippen LogP contribution < -0.4 is 10.6 Å². The summed E-state index contributed by atoms with van der Waals surface area (Å²) in [5.41, 5.74) is 0. The van der Waals surface area contributed by atoms with Gasteiger partial charge in [0.25, 0.3) is 0 Å². The zero-order valence-corrected chi connectivity index (χ0v) is 12.0. The zero-order valence-electron chi connectivity index (χ0n) is 12.0. The maximum Gasteiger partial charge on any atom is 0.128 e. The van der Waals surface area contributed by atoms with Gasteiger partial charge in [-0.05, 0) is 52.5 Å². The minimum atomic E-state index is 0.432. The predicted octanol–water partition coefficient (Wildman–Crippen LogP) is 2.66. The molecule has 0 amide bonds. The summed E-state index contributed by atoms with van der Waals surface area (Å²) in [6.07, 6.45) is 2.22. The van der Waals surface area contributed by atoms with Crippen LogP contribution >= 0.6 is 0 Å². The van der Waals surface area contributed by atoms with Crippen LogP contribution in [0, 0.1) is 0 Å². The molecule has 1 rings (SSSR count). The van der Waals surface area contributed by atoms with Crippen LogP contribution in [0.25, 0.3) is 0 Å². The van der Waals surface area contributed by atoms with E-state index in [1.807, 2.05) is 18.2 Å². The minimum absolute atomic E-state index is 0.432. The summed E-state index contributed by atoms with van der Waals surface area (Å²) in [6, 6.07) is 6.49. The van der Waals surface area contributed by atoms with Gasteiger partial charge in [-0.1, -0.05) is 13.0 Å². The van der Waals surface area contributed by atoms with Crippen LogP contribution in [0.2, 0.25) is 0 Å². The molecular weight excluding hydrogens is 224 g/mol. The van der Waals surface area contributed by atoms with Crippen molar-refractivity contribution in [3.63, 3.8) is 0 Å². The Morgan fingerprint density at radius 2 is 2.00 bits per heavy atom. The molecular formula is C14H26N4. The van der Waals surface area contributed by atoms with Crippen molar-refractivity contribution < 1.29 is 0 Å². The Hall–Kier alpha value is -1.29. The predicted molar refractivity (Wildman–Crippen MR) is 79.3 cm³/mol. The number of nitrogens with zero attached hydrogens (tertiary/aromatic N) is 2. The number of aromatic nitrogens is 1. The van der Waals surface area contributed by atoms with Crippen LogP contribution in [0.3, 0.4) is 0 Å². The van der Waals surface area contributed by atoms with Crippen molar-refractivity contribution in [1.82, 2.24) is 9.88 Å². The smallest absolute Gasteiger partial charge is 0.128 e. The van der Waals surface area contributed by atoms with Gasteiger partial charge in [0.05, 0.1) is 0 Å². The Morgan fingerprint density at radius 3 is 2.67 bits per heavy atom. The highest BCUT2D eigenvalue weighted by Gasteiger charge is 2.04. The Labute approximate surface area is 111 Å². The van der Waals surface area contributed by atoms with E-state index < -0.39 is 0 Å². The van der Waals surface area contributed by atoms with Gasteiger partial charge in [-0.25, -0.2) is 4.98 Å². The van der Waals surface area contributed by atoms with Crippen LogP contribution in [0.5, 0.6) is 0 Å². The molecule has 0 aliphatic carbocycles. The fourth-order valence-corrected chi connectivity index (χ4v) is 1.64. The largest absolute Gasteiger partial charge is 0.370 e. The van der Waals surface area contributed by atoms with Gasteiger partial charge >= 0.3 is 0 Å². The molecule has 0 spiro atoms. The average molecular weight is 250 g/mol. The topological polar surface area (TPSA) is 40.2 Å². The van der Waals surface area contributed by atoms with Crippen LogP contribution in [0.4, 0.5) is 11.6 Å². The standard InChI is InChI=1S/C14H26N4/c1-5-10-15-13-7-6-8-14(17-13)16-12(2)9-11-18(3)4/h6-8,12H,5,9-11H2,1-4H3,(H2,15,16,17). The first-order chi connectivity index (χ1) is 8.61. The van der Waals surface area contributed by atoms with Crippen molar-refractivity contribution in [2.24, 2.45) is 0 Å². The second-order valence-electron chi connectivity index (χ2n) is 4.97. The maximum absolute atomic E-state index is 4.54. The third-order valence-corrected chi connectivity index (χ3v) is 2.71. The number of nitrogens with one attached hydrogen (secondary N) is 2. The summed E-state index contributed by atoms with van der Waals surface area (Å²) in [6.45, 7) is 6.39. The molecule has 102 valence electrons. The van der Waals surface area contributed by atoms with E-state index in [4.69, 9.17) is 0 Å². The van der Waals surface area contributed by atoms with Gasteiger partial charge in [0.2, 0.25) is 0 Å². The van der Waals surface area contributed by atoms with Gasteiger partial charge in [-0.15, -0.1) is 0 Å². The second kappa shape index (κ2) is 7.93. The second-order valence-corrected chi connectivity index (χ2v) is 4.97. The van der Waals surface area contributed by atoms with Gasteiger partial charge in [0, 0.05) is 12.6 Å². The van der Waals surface area contributed by atoms with Crippen molar-refractivity contribution in [2.45, 2.75) is 32.7 Å². The first-order valence-corrected chi connectivity index (χ1v) is 6.74. The molecule has 0 aliphatic heterocycles. The van der Waals surface area contributed by atoms with E-state index >= 15 is 0 Å². The molecule has 0 saturated carbocycles. The Bertz CT molecular complexity index is 338. The first-order valence-electron chi connectivity index (χ1n) is 6.74. The Balaban J connectivity index is 2.45. The molecule has 2 N–H and O–H groups in total. The number of hydrogen-bond donors (Lipinski definition) is 2. The lowest BCUT2D eigenvalue weighted by molar-refractivity contribution is 0.390. The first kappa shape index (κ1) is 14.8. The fraction of sp³-hybridized carbons (Fsp3) is 0.643. The number of hydrogen-bond acceptors (Lipinski definition) is 4. The highest BCUT2D eigenvalue weighted by Crippen LogP contribution is 2.11. The van der Waals surface area contributed by atoms with E-state index in [-0.39, 0.29) is 0 Å². The molecule has 1 unspecified atom stereocenters. The molecule has 0 bridgehead atoms. The average Bonchev–Trinajstić information content (AvgIpc) is 2.34. The van der Waals surface area contributed by atoms with Crippen LogP contribution in [-0.4, -0.2) is 43.1 Å². The van der Waals surface area contributed by atoms with Gasteiger partial charge in [-0.3, -0.25) is 0 Å². The lowest BCUT2D eigenvalue weighted by Gasteiger charge is -2.17. The Morgan fingerprint density at radius 1 is 1.28 bits per heavy atom.